The molecule has 0 fully saturated rings. The third kappa shape index (κ3) is 3.07. The zero-order valence-corrected chi connectivity index (χ0v) is 15.5. The number of hydrogen-bond donors (Lipinski definition) is 0. The van der Waals surface area contributed by atoms with Crippen LogP contribution in [-0.4, -0.2) is 23.8 Å². The van der Waals surface area contributed by atoms with Crippen molar-refractivity contribution in [2.24, 2.45) is 0 Å². The van der Waals surface area contributed by atoms with Gasteiger partial charge >= 0.3 is 0 Å². The van der Waals surface area contributed by atoms with Crippen LogP contribution in [0.25, 0.3) is 0 Å². The molecule has 1 unspecified atom stereocenters. The molecule has 4 rings (SSSR count). The highest BCUT2D eigenvalue weighted by atomic mass is 32.2. The number of sulfonamides is 1. The van der Waals surface area contributed by atoms with Gasteiger partial charge in [-0.2, -0.15) is 4.31 Å². The van der Waals surface area contributed by atoms with E-state index in [2.05, 4.69) is 0 Å². The van der Waals surface area contributed by atoms with Crippen molar-refractivity contribution in [3.05, 3.63) is 89.2 Å². The zero-order valence-electron chi connectivity index (χ0n) is 14.6. The van der Waals surface area contributed by atoms with Gasteiger partial charge in [0.05, 0.1) is 6.04 Å². The van der Waals surface area contributed by atoms with Crippen LogP contribution in [0, 0.1) is 18.6 Å². The second-order valence-electron chi connectivity index (χ2n) is 6.63. The molecule has 0 saturated carbocycles. The second kappa shape index (κ2) is 6.58. The Morgan fingerprint density at radius 3 is 2.44 bits per heavy atom. The minimum atomic E-state index is -4.16. The van der Waals surface area contributed by atoms with Crippen molar-refractivity contribution in [3.63, 3.8) is 0 Å². The third-order valence-corrected chi connectivity index (χ3v) is 6.77. The fourth-order valence-electron chi connectivity index (χ4n) is 3.52. The molecule has 4 nitrogen and oxygen atoms in total. The van der Waals surface area contributed by atoms with Crippen molar-refractivity contribution >= 4 is 10.0 Å². The highest BCUT2D eigenvalue weighted by Gasteiger charge is 2.38. The monoisotopic (exact) mass is 388 g/mol. The minimum Gasteiger partial charge on any atom is -0.348 e. The van der Waals surface area contributed by atoms with Gasteiger partial charge in [-0.1, -0.05) is 29.8 Å². The number of nitrogens with zero attached hydrogens (tertiary/aromatic N) is 2. The summed E-state index contributed by atoms with van der Waals surface area (Å²) in [7, 11) is -4.16. The fraction of sp³-hybridized carbons (Fsp3) is 0.200. The summed E-state index contributed by atoms with van der Waals surface area (Å²) in [6.07, 6.45) is 1.90. The molecule has 0 saturated heterocycles. The molecule has 0 spiro atoms. The maximum absolute atomic E-state index is 14.3. The number of aryl methyl sites for hydroxylation is 1. The van der Waals surface area contributed by atoms with E-state index in [-0.39, 0.29) is 6.54 Å². The van der Waals surface area contributed by atoms with Crippen molar-refractivity contribution in [1.82, 2.24) is 8.87 Å². The maximum atomic E-state index is 14.3. The van der Waals surface area contributed by atoms with E-state index in [1.54, 1.807) is 0 Å². The Balaban J connectivity index is 1.86. The molecule has 1 aliphatic heterocycles. The summed E-state index contributed by atoms with van der Waals surface area (Å²) in [4.78, 5) is -0.513. The Morgan fingerprint density at radius 1 is 1.00 bits per heavy atom. The van der Waals surface area contributed by atoms with Crippen LogP contribution in [0.1, 0.15) is 22.9 Å². The number of fused-ring (bicyclic) bond motifs is 1. The smallest absolute Gasteiger partial charge is 0.246 e. The molecule has 2 heterocycles. The number of benzene rings is 2. The predicted molar refractivity (Wildman–Crippen MR) is 97.7 cm³/mol. The molecule has 140 valence electrons. The van der Waals surface area contributed by atoms with Gasteiger partial charge in [0.1, 0.15) is 16.5 Å². The molecule has 0 aliphatic carbocycles. The van der Waals surface area contributed by atoms with Crippen LogP contribution in [-0.2, 0) is 16.6 Å². The lowest BCUT2D eigenvalue weighted by atomic mass is 10.0. The topological polar surface area (TPSA) is 42.3 Å². The second-order valence-corrected chi connectivity index (χ2v) is 8.49. The number of rotatable bonds is 3. The maximum Gasteiger partial charge on any atom is 0.246 e. The normalized spacial score (nSPS) is 17.7. The van der Waals surface area contributed by atoms with Crippen LogP contribution in [0.15, 0.2) is 65.7 Å². The lowest BCUT2D eigenvalue weighted by Gasteiger charge is -2.36. The average Bonchev–Trinajstić information content (AvgIpc) is 3.10. The van der Waals surface area contributed by atoms with Crippen LogP contribution < -0.4 is 0 Å². The van der Waals surface area contributed by atoms with Gasteiger partial charge < -0.3 is 4.57 Å². The molecule has 0 bridgehead atoms. The van der Waals surface area contributed by atoms with Crippen molar-refractivity contribution in [1.29, 1.82) is 0 Å². The van der Waals surface area contributed by atoms with E-state index in [4.69, 9.17) is 0 Å². The summed E-state index contributed by atoms with van der Waals surface area (Å²) in [5.41, 5.74) is 2.67. The van der Waals surface area contributed by atoms with Crippen molar-refractivity contribution in [3.8, 4) is 0 Å². The van der Waals surface area contributed by atoms with E-state index >= 15 is 0 Å². The van der Waals surface area contributed by atoms with Gasteiger partial charge in [0.15, 0.2) is 0 Å². The van der Waals surface area contributed by atoms with E-state index in [9.17, 15) is 17.2 Å². The first-order valence-electron chi connectivity index (χ1n) is 8.56. The Kier molecular flexibility index (Phi) is 4.36. The predicted octanol–water partition coefficient (Wildman–Crippen LogP) is 3.87. The van der Waals surface area contributed by atoms with E-state index in [0.717, 1.165) is 29.0 Å². The quantitative estimate of drug-likeness (QED) is 0.684. The van der Waals surface area contributed by atoms with Crippen LogP contribution in [0.3, 0.4) is 0 Å². The summed E-state index contributed by atoms with van der Waals surface area (Å²) in [5.74, 6) is -1.90. The largest absolute Gasteiger partial charge is 0.348 e. The molecule has 0 radical (unpaired) electrons. The molecule has 1 aliphatic rings. The summed E-state index contributed by atoms with van der Waals surface area (Å²) in [5, 5.41) is 0. The Hall–Kier alpha value is -2.51. The van der Waals surface area contributed by atoms with E-state index in [0.29, 0.717) is 12.6 Å². The third-order valence-electron chi connectivity index (χ3n) is 4.87. The average molecular weight is 388 g/mol. The van der Waals surface area contributed by atoms with Gasteiger partial charge in [0.2, 0.25) is 10.0 Å². The molecule has 27 heavy (non-hydrogen) atoms. The SMILES string of the molecule is Cc1ccc(C2c3cccn3CCN2S(=O)(=O)c2ccc(F)cc2F)cc1. The molecule has 1 atom stereocenters. The van der Waals surface area contributed by atoms with E-state index in [1.165, 1.54) is 4.31 Å². The molecule has 3 aromatic rings. The first-order valence-corrected chi connectivity index (χ1v) is 10.0. The zero-order chi connectivity index (χ0) is 19.2. The van der Waals surface area contributed by atoms with Gasteiger partial charge in [-0.15, -0.1) is 0 Å². The van der Waals surface area contributed by atoms with Crippen molar-refractivity contribution < 1.29 is 17.2 Å². The lowest BCUT2D eigenvalue weighted by molar-refractivity contribution is 0.297. The van der Waals surface area contributed by atoms with Gasteiger partial charge in [-0.05, 0) is 36.8 Å². The molecular formula is C20H18F2N2O2S. The molecule has 2 aromatic carbocycles. The molecule has 7 heteroatoms. The molecule has 0 amide bonds. The Morgan fingerprint density at radius 2 is 1.74 bits per heavy atom. The first-order chi connectivity index (χ1) is 12.9. The van der Waals surface area contributed by atoms with Crippen LogP contribution in [0.4, 0.5) is 8.78 Å². The standard InChI is InChI=1S/C20H18F2N2O2S/c1-14-4-6-15(7-5-14)20-18-3-2-10-23(18)11-12-24(20)27(25,26)19-9-8-16(21)13-17(19)22/h2-10,13,20H,11-12H2,1H3. The molecule has 1 aromatic heterocycles. The highest BCUT2D eigenvalue weighted by molar-refractivity contribution is 7.89. The summed E-state index contributed by atoms with van der Waals surface area (Å²) in [6, 6.07) is 13.3. The Labute approximate surface area is 156 Å². The van der Waals surface area contributed by atoms with E-state index < -0.39 is 32.6 Å². The number of hydrogen-bond acceptors (Lipinski definition) is 2. The summed E-state index contributed by atoms with van der Waals surface area (Å²) in [6.45, 7) is 2.61. The van der Waals surface area contributed by atoms with Crippen LogP contribution >= 0.6 is 0 Å². The fourth-order valence-corrected chi connectivity index (χ4v) is 5.14. The first kappa shape index (κ1) is 17.9. The van der Waals surface area contributed by atoms with Crippen LogP contribution in [0.2, 0.25) is 0 Å². The van der Waals surface area contributed by atoms with Crippen molar-refractivity contribution in [2.45, 2.75) is 24.4 Å². The van der Waals surface area contributed by atoms with Crippen molar-refractivity contribution in [2.75, 3.05) is 6.54 Å². The highest BCUT2D eigenvalue weighted by Crippen LogP contribution is 2.37. The molecule has 0 N–H and O–H groups in total. The van der Waals surface area contributed by atoms with Gasteiger partial charge in [0.25, 0.3) is 0 Å². The van der Waals surface area contributed by atoms with Gasteiger partial charge in [0, 0.05) is 31.0 Å². The minimum absolute atomic E-state index is 0.194. The molecular weight excluding hydrogens is 370 g/mol. The number of aromatic nitrogens is 1. The Bertz CT molecular complexity index is 1090. The van der Waals surface area contributed by atoms with Crippen LogP contribution in [0.5, 0.6) is 0 Å². The summed E-state index contributed by atoms with van der Waals surface area (Å²) >= 11 is 0. The van der Waals surface area contributed by atoms with E-state index in [1.807, 2.05) is 54.1 Å². The summed E-state index contributed by atoms with van der Waals surface area (Å²) < 4.78 is 57.3. The lowest BCUT2D eigenvalue weighted by Crippen LogP contribution is -2.42. The van der Waals surface area contributed by atoms with Gasteiger partial charge in [-0.3, -0.25) is 0 Å². The number of halogens is 2. The van der Waals surface area contributed by atoms with Gasteiger partial charge in [-0.25, -0.2) is 17.2 Å².